The number of rotatable bonds is 6. The van der Waals surface area contributed by atoms with Gasteiger partial charge in [-0.3, -0.25) is 9.97 Å². The van der Waals surface area contributed by atoms with Gasteiger partial charge < -0.3 is 5.32 Å². The molecule has 108 valence electrons. The van der Waals surface area contributed by atoms with E-state index in [1.807, 2.05) is 0 Å². The van der Waals surface area contributed by atoms with Crippen LogP contribution in [0, 0.1) is 0 Å². The van der Waals surface area contributed by atoms with Crippen molar-refractivity contribution in [2.45, 2.75) is 52.6 Å². The highest BCUT2D eigenvalue weighted by atomic mass is 32.1. The molecule has 1 unspecified atom stereocenters. The van der Waals surface area contributed by atoms with Crippen molar-refractivity contribution in [1.82, 2.24) is 20.3 Å². The summed E-state index contributed by atoms with van der Waals surface area (Å²) >= 11 is 1.72. The Morgan fingerprint density at radius 1 is 1.25 bits per heavy atom. The average molecular weight is 290 g/mol. The SMILES string of the molecule is CCC(C)NCc1sc(-c2cnccn2)nc1C(C)C. The number of nitrogens with zero attached hydrogens (tertiary/aromatic N) is 3. The molecule has 2 aromatic rings. The van der Waals surface area contributed by atoms with E-state index in [2.05, 4.69) is 43.0 Å². The van der Waals surface area contributed by atoms with Crippen LogP contribution in [0.2, 0.25) is 0 Å². The zero-order chi connectivity index (χ0) is 14.5. The molecule has 0 aliphatic heterocycles. The minimum Gasteiger partial charge on any atom is -0.309 e. The normalized spacial score (nSPS) is 12.8. The van der Waals surface area contributed by atoms with Crippen LogP contribution in [-0.2, 0) is 6.54 Å². The highest BCUT2D eigenvalue weighted by molar-refractivity contribution is 7.15. The van der Waals surface area contributed by atoms with E-state index in [0.29, 0.717) is 12.0 Å². The Hall–Kier alpha value is -1.33. The van der Waals surface area contributed by atoms with Gasteiger partial charge in [-0.05, 0) is 19.3 Å². The van der Waals surface area contributed by atoms with Crippen LogP contribution in [0.1, 0.15) is 50.6 Å². The van der Waals surface area contributed by atoms with E-state index < -0.39 is 0 Å². The number of aromatic nitrogens is 3. The Balaban J connectivity index is 2.24. The standard InChI is InChI=1S/C15H22N4S/c1-5-11(4)18-9-13-14(10(2)3)19-15(20-13)12-8-16-6-7-17-12/h6-8,10-11,18H,5,9H2,1-4H3. The van der Waals surface area contributed by atoms with Gasteiger partial charge in [0, 0.05) is 29.9 Å². The summed E-state index contributed by atoms with van der Waals surface area (Å²) in [6, 6.07) is 0.525. The van der Waals surface area contributed by atoms with Crippen molar-refractivity contribution in [3.63, 3.8) is 0 Å². The lowest BCUT2D eigenvalue weighted by atomic mass is 10.1. The topological polar surface area (TPSA) is 50.7 Å². The molecule has 0 fully saturated rings. The molecule has 1 N–H and O–H groups in total. The van der Waals surface area contributed by atoms with Gasteiger partial charge >= 0.3 is 0 Å². The van der Waals surface area contributed by atoms with Crippen molar-refractivity contribution < 1.29 is 0 Å². The van der Waals surface area contributed by atoms with E-state index >= 15 is 0 Å². The maximum atomic E-state index is 4.76. The van der Waals surface area contributed by atoms with Crippen LogP contribution < -0.4 is 5.32 Å². The van der Waals surface area contributed by atoms with Crippen LogP contribution in [-0.4, -0.2) is 21.0 Å². The molecule has 0 aliphatic rings. The van der Waals surface area contributed by atoms with E-state index in [1.165, 1.54) is 10.6 Å². The first-order valence-electron chi connectivity index (χ1n) is 7.11. The smallest absolute Gasteiger partial charge is 0.144 e. The average Bonchev–Trinajstić information content (AvgIpc) is 2.90. The molecule has 0 aromatic carbocycles. The summed E-state index contributed by atoms with van der Waals surface area (Å²) in [7, 11) is 0. The predicted octanol–water partition coefficient (Wildman–Crippen LogP) is 3.61. The molecule has 20 heavy (non-hydrogen) atoms. The van der Waals surface area contributed by atoms with Crippen molar-refractivity contribution in [2.24, 2.45) is 0 Å². The van der Waals surface area contributed by atoms with Crippen molar-refractivity contribution in [1.29, 1.82) is 0 Å². The minimum atomic E-state index is 0.422. The van der Waals surface area contributed by atoms with Gasteiger partial charge in [0.15, 0.2) is 0 Å². The van der Waals surface area contributed by atoms with Gasteiger partial charge in [-0.1, -0.05) is 20.8 Å². The first kappa shape index (κ1) is 15.1. The lowest BCUT2D eigenvalue weighted by molar-refractivity contribution is 0.534. The van der Waals surface area contributed by atoms with Gasteiger partial charge in [0.2, 0.25) is 0 Å². The van der Waals surface area contributed by atoms with Crippen molar-refractivity contribution >= 4 is 11.3 Å². The Labute approximate surface area is 124 Å². The molecular formula is C15H22N4S. The van der Waals surface area contributed by atoms with E-state index in [0.717, 1.165) is 23.7 Å². The van der Waals surface area contributed by atoms with Crippen LogP contribution in [0.15, 0.2) is 18.6 Å². The van der Waals surface area contributed by atoms with Crippen LogP contribution >= 0.6 is 11.3 Å². The summed E-state index contributed by atoms with van der Waals surface area (Å²) in [6.07, 6.45) is 6.30. The molecule has 2 heterocycles. The van der Waals surface area contributed by atoms with Crippen molar-refractivity contribution in [3.8, 4) is 10.7 Å². The molecule has 0 bridgehead atoms. The minimum absolute atomic E-state index is 0.422. The summed E-state index contributed by atoms with van der Waals surface area (Å²) in [6.45, 7) is 9.64. The molecule has 0 saturated heterocycles. The fraction of sp³-hybridized carbons (Fsp3) is 0.533. The Bertz CT molecular complexity index is 536. The molecule has 5 heteroatoms. The molecule has 0 saturated carbocycles. The van der Waals surface area contributed by atoms with E-state index in [9.17, 15) is 0 Å². The van der Waals surface area contributed by atoms with Crippen LogP contribution in [0.25, 0.3) is 10.7 Å². The Kier molecular flexibility index (Phi) is 5.20. The third-order valence-electron chi connectivity index (χ3n) is 3.28. The summed E-state index contributed by atoms with van der Waals surface area (Å²) < 4.78 is 0. The summed E-state index contributed by atoms with van der Waals surface area (Å²) in [4.78, 5) is 14.5. The molecule has 0 aliphatic carbocycles. The largest absolute Gasteiger partial charge is 0.309 e. The van der Waals surface area contributed by atoms with Crippen molar-refractivity contribution in [2.75, 3.05) is 0 Å². The lowest BCUT2D eigenvalue weighted by Gasteiger charge is -2.11. The zero-order valence-corrected chi connectivity index (χ0v) is 13.4. The van der Waals surface area contributed by atoms with Crippen LogP contribution in [0.3, 0.4) is 0 Å². The number of hydrogen-bond acceptors (Lipinski definition) is 5. The number of thiazole rings is 1. The quantitative estimate of drug-likeness (QED) is 0.883. The van der Waals surface area contributed by atoms with Gasteiger partial charge in [0.1, 0.15) is 10.7 Å². The monoisotopic (exact) mass is 290 g/mol. The highest BCUT2D eigenvalue weighted by Gasteiger charge is 2.16. The Morgan fingerprint density at radius 2 is 2.05 bits per heavy atom. The van der Waals surface area contributed by atoms with Gasteiger partial charge in [0.05, 0.1) is 11.9 Å². The second kappa shape index (κ2) is 6.90. The number of nitrogens with one attached hydrogen (secondary N) is 1. The van der Waals surface area contributed by atoms with E-state index in [1.54, 1.807) is 29.9 Å². The fourth-order valence-corrected chi connectivity index (χ4v) is 3.00. The predicted molar refractivity (Wildman–Crippen MR) is 83.8 cm³/mol. The third kappa shape index (κ3) is 3.61. The molecule has 0 spiro atoms. The molecule has 2 aromatic heterocycles. The molecule has 1 atom stereocenters. The van der Waals surface area contributed by atoms with Gasteiger partial charge in [-0.25, -0.2) is 4.98 Å². The highest BCUT2D eigenvalue weighted by Crippen LogP contribution is 2.30. The number of hydrogen-bond donors (Lipinski definition) is 1. The molecule has 2 rings (SSSR count). The second-order valence-corrected chi connectivity index (χ2v) is 6.35. The Morgan fingerprint density at radius 3 is 2.65 bits per heavy atom. The second-order valence-electron chi connectivity index (χ2n) is 5.26. The summed E-state index contributed by atoms with van der Waals surface area (Å²) in [5, 5.41) is 4.50. The maximum Gasteiger partial charge on any atom is 0.144 e. The van der Waals surface area contributed by atoms with Gasteiger partial charge in [0.25, 0.3) is 0 Å². The van der Waals surface area contributed by atoms with Crippen LogP contribution in [0.4, 0.5) is 0 Å². The molecule has 0 radical (unpaired) electrons. The molecular weight excluding hydrogens is 268 g/mol. The van der Waals surface area contributed by atoms with Gasteiger partial charge in [-0.15, -0.1) is 11.3 Å². The maximum absolute atomic E-state index is 4.76. The summed E-state index contributed by atoms with van der Waals surface area (Å²) in [5.74, 6) is 0.422. The van der Waals surface area contributed by atoms with E-state index in [-0.39, 0.29) is 0 Å². The van der Waals surface area contributed by atoms with Crippen LogP contribution in [0.5, 0.6) is 0 Å². The van der Waals surface area contributed by atoms with Gasteiger partial charge in [-0.2, -0.15) is 0 Å². The fourth-order valence-electron chi connectivity index (χ4n) is 1.87. The van der Waals surface area contributed by atoms with E-state index in [4.69, 9.17) is 4.98 Å². The first-order valence-corrected chi connectivity index (χ1v) is 7.92. The lowest BCUT2D eigenvalue weighted by Crippen LogP contribution is -2.24. The zero-order valence-electron chi connectivity index (χ0n) is 12.6. The molecule has 0 amide bonds. The third-order valence-corrected chi connectivity index (χ3v) is 4.37. The first-order chi connectivity index (χ1) is 9.61. The molecule has 4 nitrogen and oxygen atoms in total. The summed E-state index contributed by atoms with van der Waals surface area (Å²) in [5.41, 5.74) is 2.03. The van der Waals surface area contributed by atoms with Crippen molar-refractivity contribution in [3.05, 3.63) is 29.2 Å².